The largest absolute Gasteiger partial charge is 0.317 e. The molecule has 0 atom stereocenters. The third-order valence-electron chi connectivity index (χ3n) is 3.23. The molecule has 0 amide bonds. The van der Waals surface area contributed by atoms with Crippen LogP contribution < -0.4 is 5.32 Å². The molecule has 1 aromatic heterocycles. The number of hydrogen-bond donors (Lipinski definition) is 2. The van der Waals surface area contributed by atoms with Crippen LogP contribution in [0.2, 0.25) is 0 Å². The van der Waals surface area contributed by atoms with E-state index in [1.165, 1.54) is 23.9 Å². The van der Waals surface area contributed by atoms with Crippen molar-refractivity contribution in [2.24, 2.45) is 0 Å². The van der Waals surface area contributed by atoms with E-state index in [1.807, 2.05) is 6.07 Å². The van der Waals surface area contributed by atoms with Crippen molar-refractivity contribution in [3.05, 3.63) is 30.0 Å². The minimum atomic E-state index is 0.627. The molecule has 0 saturated carbocycles. The second-order valence-electron chi connectivity index (χ2n) is 4.18. The molecule has 15 heavy (non-hydrogen) atoms. The monoisotopic (exact) mass is 201 g/mol. The highest BCUT2D eigenvalue weighted by atomic mass is 15.1. The Morgan fingerprint density at radius 3 is 2.80 bits per heavy atom. The van der Waals surface area contributed by atoms with Crippen LogP contribution in [0.1, 0.15) is 24.5 Å². The van der Waals surface area contributed by atoms with Gasteiger partial charge in [-0.25, -0.2) is 0 Å². The Bertz CT molecular complexity index is 455. The topological polar surface area (TPSA) is 40.7 Å². The predicted molar refractivity (Wildman–Crippen MR) is 60.9 cm³/mol. The molecule has 0 bridgehead atoms. The van der Waals surface area contributed by atoms with Crippen LogP contribution in [-0.2, 0) is 0 Å². The lowest BCUT2D eigenvalue weighted by Crippen LogP contribution is -2.26. The Labute approximate surface area is 88.9 Å². The standard InChI is InChI=1S/C12H15N3/c1-2-4-11-10(3-1)12(15-14-11)9-5-7-13-8-6-9/h1-4,9,13H,5-8H2,(H,14,15). The third-order valence-corrected chi connectivity index (χ3v) is 3.23. The first-order valence-corrected chi connectivity index (χ1v) is 5.59. The van der Waals surface area contributed by atoms with Crippen molar-refractivity contribution >= 4 is 10.9 Å². The van der Waals surface area contributed by atoms with E-state index in [0.717, 1.165) is 18.6 Å². The molecule has 0 unspecified atom stereocenters. The van der Waals surface area contributed by atoms with Gasteiger partial charge in [-0.15, -0.1) is 0 Å². The fourth-order valence-corrected chi connectivity index (χ4v) is 2.39. The summed E-state index contributed by atoms with van der Waals surface area (Å²) >= 11 is 0. The number of benzene rings is 1. The summed E-state index contributed by atoms with van der Waals surface area (Å²) in [5.74, 6) is 0.627. The van der Waals surface area contributed by atoms with E-state index >= 15 is 0 Å². The van der Waals surface area contributed by atoms with Gasteiger partial charge in [-0.1, -0.05) is 18.2 Å². The van der Waals surface area contributed by atoms with Gasteiger partial charge < -0.3 is 5.32 Å². The molecule has 2 aromatic rings. The summed E-state index contributed by atoms with van der Waals surface area (Å²) in [5, 5.41) is 12.3. The van der Waals surface area contributed by atoms with Crippen LogP contribution in [0, 0.1) is 0 Å². The SMILES string of the molecule is c1ccc2c(C3CCNCC3)n[nH]c2c1. The van der Waals surface area contributed by atoms with Crippen molar-refractivity contribution in [1.29, 1.82) is 0 Å². The van der Waals surface area contributed by atoms with Gasteiger partial charge >= 0.3 is 0 Å². The van der Waals surface area contributed by atoms with Gasteiger partial charge in [0.2, 0.25) is 0 Å². The maximum Gasteiger partial charge on any atom is 0.0732 e. The molecule has 0 aliphatic carbocycles. The van der Waals surface area contributed by atoms with Crippen molar-refractivity contribution in [2.75, 3.05) is 13.1 Å². The third kappa shape index (κ3) is 1.53. The number of H-pyrrole nitrogens is 1. The van der Waals surface area contributed by atoms with E-state index in [0.29, 0.717) is 5.92 Å². The Balaban J connectivity index is 2.02. The molecule has 1 saturated heterocycles. The van der Waals surface area contributed by atoms with Crippen molar-refractivity contribution in [3.63, 3.8) is 0 Å². The lowest BCUT2D eigenvalue weighted by molar-refractivity contribution is 0.454. The number of piperidine rings is 1. The molecule has 2 heterocycles. The maximum absolute atomic E-state index is 4.47. The van der Waals surface area contributed by atoms with Crippen LogP contribution in [-0.4, -0.2) is 23.3 Å². The number of hydrogen-bond acceptors (Lipinski definition) is 2. The van der Waals surface area contributed by atoms with Gasteiger partial charge in [-0.05, 0) is 32.0 Å². The van der Waals surface area contributed by atoms with E-state index in [9.17, 15) is 0 Å². The van der Waals surface area contributed by atoms with E-state index in [1.54, 1.807) is 0 Å². The highest BCUT2D eigenvalue weighted by Gasteiger charge is 2.19. The highest BCUT2D eigenvalue weighted by Crippen LogP contribution is 2.28. The zero-order valence-electron chi connectivity index (χ0n) is 8.66. The molecule has 1 aromatic carbocycles. The predicted octanol–water partition coefficient (Wildman–Crippen LogP) is 2.03. The van der Waals surface area contributed by atoms with Gasteiger partial charge in [0, 0.05) is 11.3 Å². The zero-order valence-corrected chi connectivity index (χ0v) is 8.66. The molecule has 1 fully saturated rings. The van der Waals surface area contributed by atoms with Crippen molar-refractivity contribution in [1.82, 2.24) is 15.5 Å². The van der Waals surface area contributed by atoms with Gasteiger partial charge in [0.15, 0.2) is 0 Å². The number of aromatic amines is 1. The van der Waals surface area contributed by atoms with Crippen LogP contribution in [0.25, 0.3) is 10.9 Å². The molecule has 0 spiro atoms. The lowest BCUT2D eigenvalue weighted by Gasteiger charge is -2.20. The smallest absolute Gasteiger partial charge is 0.0732 e. The van der Waals surface area contributed by atoms with Gasteiger partial charge in [-0.2, -0.15) is 5.10 Å². The molecular formula is C12H15N3. The molecule has 0 radical (unpaired) electrons. The van der Waals surface area contributed by atoms with Crippen molar-refractivity contribution < 1.29 is 0 Å². The maximum atomic E-state index is 4.47. The average molecular weight is 201 g/mol. The van der Waals surface area contributed by atoms with Gasteiger partial charge in [-0.3, -0.25) is 5.10 Å². The molecule has 78 valence electrons. The Kier molecular flexibility index (Phi) is 2.18. The summed E-state index contributed by atoms with van der Waals surface area (Å²) in [4.78, 5) is 0. The van der Waals surface area contributed by atoms with Gasteiger partial charge in [0.25, 0.3) is 0 Å². The van der Waals surface area contributed by atoms with Crippen LogP contribution in [0.5, 0.6) is 0 Å². The summed E-state index contributed by atoms with van der Waals surface area (Å²) < 4.78 is 0. The van der Waals surface area contributed by atoms with Crippen LogP contribution in [0.3, 0.4) is 0 Å². The summed E-state index contributed by atoms with van der Waals surface area (Å²) in [7, 11) is 0. The summed E-state index contributed by atoms with van der Waals surface area (Å²) in [6.07, 6.45) is 2.41. The van der Waals surface area contributed by atoms with E-state index < -0.39 is 0 Å². The minimum Gasteiger partial charge on any atom is -0.317 e. The normalized spacial score (nSPS) is 18.4. The molecule has 1 aliphatic heterocycles. The number of fused-ring (bicyclic) bond motifs is 1. The first-order chi connectivity index (χ1) is 7.45. The molecule has 2 N–H and O–H groups in total. The first-order valence-electron chi connectivity index (χ1n) is 5.59. The second kappa shape index (κ2) is 3.66. The van der Waals surface area contributed by atoms with E-state index in [-0.39, 0.29) is 0 Å². The Morgan fingerprint density at radius 2 is 1.93 bits per heavy atom. The van der Waals surface area contributed by atoms with Crippen LogP contribution in [0.4, 0.5) is 0 Å². The number of rotatable bonds is 1. The minimum absolute atomic E-state index is 0.627. The zero-order chi connectivity index (χ0) is 10.1. The molecule has 3 heteroatoms. The second-order valence-corrected chi connectivity index (χ2v) is 4.18. The summed E-state index contributed by atoms with van der Waals surface area (Å²) in [6, 6.07) is 8.39. The molecule has 3 nitrogen and oxygen atoms in total. The number of nitrogens with zero attached hydrogens (tertiary/aromatic N) is 1. The summed E-state index contributed by atoms with van der Waals surface area (Å²) in [5.41, 5.74) is 2.41. The molecular weight excluding hydrogens is 186 g/mol. The van der Waals surface area contributed by atoms with Crippen LogP contribution in [0.15, 0.2) is 24.3 Å². The summed E-state index contributed by atoms with van der Waals surface area (Å²) in [6.45, 7) is 2.23. The van der Waals surface area contributed by atoms with Crippen LogP contribution >= 0.6 is 0 Å². The van der Waals surface area contributed by atoms with Gasteiger partial charge in [0.05, 0.1) is 11.2 Å². The fraction of sp³-hybridized carbons (Fsp3) is 0.417. The quantitative estimate of drug-likeness (QED) is 0.741. The number of para-hydroxylation sites is 1. The van der Waals surface area contributed by atoms with Gasteiger partial charge in [0.1, 0.15) is 0 Å². The highest BCUT2D eigenvalue weighted by molar-refractivity contribution is 5.81. The molecule has 1 aliphatic rings. The van der Waals surface area contributed by atoms with Crippen molar-refractivity contribution in [2.45, 2.75) is 18.8 Å². The first kappa shape index (κ1) is 8.92. The lowest BCUT2D eigenvalue weighted by atomic mass is 9.93. The van der Waals surface area contributed by atoms with E-state index in [4.69, 9.17) is 0 Å². The number of aromatic nitrogens is 2. The Morgan fingerprint density at radius 1 is 1.13 bits per heavy atom. The molecule has 3 rings (SSSR count). The average Bonchev–Trinajstić information content (AvgIpc) is 2.74. The Hall–Kier alpha value is -1.35. The van der Waals surface area contributed by atoms with Crippen molar-refractivity contribution in [3.8, 4) is 0 Å². The fourth-order valence-electron chi connectivity index (χ4n) is 2.39. The van der Waals surface area contributed by atoms with E-state index in [2.05, 4.69) is 33.7 Å². The number of nitrogens with one attached hydrogen (secondary N) is 2.